The van der Waals surface area contributed by atoms with Crippen molar-refractivity contribution in [1.29, 1.82) is 0 Å². The Morgan fingerprint density at radius 1 is 1.10 bits per heavy atom. The molecular weight excluding hydrogens is 252 g/mol. The highest BCUT2D eigenvalue weighted by atomic mass is 16.5. The van der Waals surface area contributed by atoms with Crippen LogP contribution in [-0.4, -0.2) is 11.1 Å². The van der Waals surface area contributed by atoms with Crippen molar-refractivity contribution < 1.29 is 14.6 Å². The zero-order valence-corrected chi connectivity index (χ0v) is 11.5. The van der Waals surface area contributed by atoms with Gasteiger partial charge in [0.1, 0.15) is 12.4 Å². The van der Waals surface area contributed by atoms with E-state index in [0.717, 1.165) is 17.5 Å². The molecule has 1 N–H and O–H groups in total. The highest BCUT2D eigenvalue weighted by Gasteiger charge is 2.14. The van der Waals surface area contributed by atoms with E-state index in [4.69, 9.17) is 4.74 Å². The van der Waals surface area contributed by atoms with Gasteiger partial charge in [-0.25, -0.2) is 4.79 Å². The van der Waals surface area contributed by atoms with E-state index in [1.165, 1.54) is 0 Å². The molecular formula is C17H18O3. The molecule has 0 bridgehead atoms. The van der Waals surface area contributed by atoms with Crippen LogP contribution in [0.25, 0.3) is 0 Å². The average Bonchev–Trinajstić information content (AvgIpc) is 2.47. The molecule has 2 rings (SSSR count). The number of hydrogen-bond acceptors (Lipinski definition) is 2. The number of hydrogen-bond donors (Lipinski definition) is 1. The molecule has 0 fully saturated rings. The molecule has 0 aliphatic rings. The molecule has 104 valence electrons. The summed E-state index contributed by atoms with van der Waals surface area (Å²) in [7, 11) is 0. The van der Waals surface area contributed by atoms with Crippen molar-refractivity contribution >= 4 is 5.97 Å². The summed E-state index contributed by atoms with van der Waals surface area (Å²) in [4.78, 5) is 11.3. The fourth-order valence-electron chi connectivity index (χ4n) is 2.14. The van der Waals surface area contributed by atoms with Gasteiger partial charge in [0.15, 0.2) is 0 Å². The number of benzene rings is 2. The minimum absolute atomic E-state index is 0.331. The van der Waals surface area contributed by atoms with Gasteiger partial charge in [0.05, 0.1) is 5.56 Å². The summed E-state index contributed by atoms with van der Waals surface area (Å²) < 4.78 is 5.80. The average molecular weight is 270 g/mol. The molecule has 0 saturated carbocycles. The van der Waals surface area contributed by atoms with Crippen LogP contribution in [0.2, 0.25) is 0 Å². The third kappa shape index (κ3) is 3.38. The van der Waals surface area contributed by atoms with Gasteiger partial charge in [-0.2, -0.15) is 0 Å². The van der Waals surface area contributed by atoms with Gasteiger partial charge in [-0.3, -0.25) is 0 Å². The number of carboxylic acid groups (broad SMARTS) is 1. The first-order chi connectivity index (χ1) is 9.72. The quantitative estimate of drug-likeness (QED) is 0.865. The van der Waals surface area contributed by atoms with Crippen LogP contribution >= 0.6 is 0 Å². The van der Waals surface area contributed by atoms with E-state index in [1.54, 1.807) is 12.1 Å². The maximum atomic E-state index is 11.3. The SMILES string of the molecule is CCCc1c(OCc2ccccc2)cccc1C(=O)O. The Morgan fingerprint density at radius 2 is 1.85 bits per heavy atom. The molecule has 3 heteroatoms. The van der Waals surface area contributed by atoms with Gasteiger partial charge in [0, 0.05) is 5.56 Å². The van der Waals surface area contributed by atoms with E-state index in [1.807, 2.05) is 43.3 Å². The van der Waals surface area contributed by atoms with Gasteiger partial charge in [-0.1, -0.05) is 49.7 Å². The number of rotatable bonds is 6. The minimum atomic E-state index is -0.904. The molecule has 3 nitrogen and oxygen atoms in total. The van der Waals surface area contributed by atoms with Crippen LogP contribution < -0.4 is 4.74 Å². The Kier molecular flexibility index (Phi) is 4.77. The Hall–Kier alpha value is -2.29. The zero-order chi connectivity index (χ0) is 14.4. The molecule has 0 aliphatic heterocycles. The van der Waals surface area contributed by atoms with Crippen LogP contribution in [0.3, 0.4) is 0 Å². The topological polar surface area (TPSA) is 46.5 Å². The lowest BCUT2D eigenvalue weighted by molar-refractivity contribution is 0.0695. The standard InChI is InChI=1S/C17H18O3/c1-2-7-14-15(17(18)19)10-6-11-16(14)20-12-13-8-4-3-5-9-13/h3-6,8-11H,2,7,12H2,1H3,(H,18,19). The van der Waals surface area contributed by atoms with E-state index in [0.29, 0.717) is 24.3 Å². The highest BCUT2D eigenvalue weighted by Crippen LogP contribution is 2.25. The normalized spacial score (nSPS) is 10.2. The van der Waals surface area contributed by atoms with E-state index in [2.05, 4.69) is 0 Å². The van der Waals surface area contributed by atoms with E-state index in [9.17, 15) is 9.90 Å². The summed E-state index contributed by atoms with van der Waals surface area (Å²) >= 11 is 0. The van der Waals surface area contributed by atoms with Crippen molar-refractivity contribution in [2.75, 3.05) is 0 Å². The summed E-state index contributed by atoms with van der Waals surface area (Å²) in [6.45, 7) is 2.47. The van der Waals surface area contributed by atoms with Crippen LogP contribution in [0, 0.1) is 0 Å². The largest absolute Gasteiger partial charge is 0.489 e. The molecule has 2 aromatic rings. The summed E-state index contributed by atoms with van der Waals surface area (Å²) in [5.41, 5.74) is 2.17. The fourth-order valence-corrected chi connectivity index (χ4v) is 2.14. The minimum Gasteiger partial charge on any atom is -0.489 e. The first kappa shape index (κ1) is 14.1. The van der Waals surface area contributed by atoms with Crippen molar-refractivity contribution in [2.45, 2.75) is 26.4 Å². The van der Waals surface area contributed by atoms with Crippen LogP contribution in [0.15, 0.2) is 48.5 Å². The lowest BCUT2D eigenvalue weighted by Gasteiger charge is -2.13. The lowest BCUT2D eigenvalue weighted by atomic mass is 10.0. The maximum absolute atomic E-state index is 11.3. The second-order valence-corrected chi connectivity index (χ2v) is 4.61. The second-order valence-electron chi connectivity index (χ2n) is 4.61. The number of carbonyl (C=O) groups is 1. The van der Waals surface area contributed by atoms with Crippen LogP contribution in [-0.2, 0) is 13.0 Å². The van der Waals surface area contributed by atoms with Gasteiger partial charge in [-0.05, 0) is 24.1 Å². The van der Waals surface area contributed by atoms with Crippen LogP contribution in [0.5, 0.6) is 5.75 Å². The molecule has 0 unspecified atom stereocenters. The molecule has 2 aromatic carbocycles. The van der Waals surface area contributed by atoms with E-state index >= 15 is 0 Å². The van der Waals surface area contributed by atoms with Gasteiger partial charge in [0.25, 0.3) is 0 Å². The summed E-state index contributed by atoms with van der Waals surface area (Å²) in [5.74, 6) is -0.241. The van der Waals surface area contributed by atoms with Crippen LogP contribution in [0.4, 0.5) is 0 Å². The molecule has 0 spiro atoms. The summed E-state index contributed by atoms with van der Waals surface area (Å²) in [5, 5.41) is 9.25. The molecule has 20 heavy (non-hydrogen) atoms. The molecule has 0 saturated heterocycles. The Balaban J connectivity index is 2.22. The third-order valence-electron chi connectivity index (χ3n) is 3.10. The van der Waals surface area contributed by atoms with Crippen molar-refractivity contribution in [3.8, 4) is 5.75 Å². The van der Waals surface area contributed by atoms with E-state index in [-0.39, 0.29) is 0 Å². The second kappa shape index (κ2) is 6.75. The predicted molar refractivity (Wildman–Crippen MR) is 78.2 cm³/mol. The van der Waals surface area contributed by atoms with E-state index < -0.39 is 5.97 Å². The predicted octanol–water partition coefficient (Wildman–Crippen LogP) is 3.92. The summed E-state index contributed by atoms with van der Waals surface area (Å²) in [6.07, 6.45) is 1.58. The van der Waals surface area contributed by atoms with Crippen LogP contribution in [0.1, 0.15) is 34.8 Å². The van der Waals surface area contributed by atoms with Gasteiger partial charge in [-0.15, -0.1) is 0 Å². The Bertz CT molecular complexity index is 576. The molecule has 0 aliphatic carbocycles. The molecule has 0 aromatic heterocycles. The Morgan fingerprint density at radius 3 is 2.50 bits per heavy atom. The van der Waals surface area contributed by atoms with Crippen molar-refractivity contribution in [1.82, 2.24) is 0 Å². The van der Waals surface area contributed by atoms with Gasteiger partial charge < -0.3 is 9.84 Å². The Labute approximate surface area is 118 Å². The maximum Gasteiger partial charge on any atom is 0.336 e. The number of aromatic carboxylic acids is 1. The molecule has 0 radical (unpaired) electrons. The van der Waals surface area contributed by atoms with Crippen molar-refractivity contribution in [3.63, 3.8) is 0 Å². The fraction of sp³-hybridized carbons (Fsp3) is 0.235. The lowest BCUT2D eigenvalue weighted by Crippen LogP contribution is -2.06. The highest BCUT2D eigenvalue weighted by molar-refractivity contribution is 5.90. The molecule has 0 amide bonds. The first-order valence-corrected chi connectivity index (χ1v) is 6.74. The summed E-state index contributed by atoms with van der Waals surface area (Å²) in [6, 6.07) is 15.0. The number of carboxylic acids is 1. The van der Waals surface area contributed by atoms with Crippen molar-refractivity contribution in [2.24, 2.45) is 0 Å². The smallest absolute Gasteiger partial charge is 0.336 e. The number of ether oxygens (including phenoxy) is 1. The van der Waals surface area contributed by atoms with Crippen molar-refractivity contribution in [3.05, 3.63) is 65.2 Å². The molecule has 0 heterocycles. The third-order valence-corrected chi connectivity index (χ3v) is 3.10. The molecule has 0 atom stereocenters. The monoisotopic (exact) mass is 270 g/mol. The van der Waals surface area contributed by atoms with Gasteiger partial charge >= 0.3 is 5.97 Å². The zero-order valence-electron chi connectivity index (χ0n) is 11.5. The first-order valence-electron chi connectivity index (χ1n) is 6.74. The van der Waals surface area contributed by atoms with Gasteiger partial charge in [0.2, 0.25) is 0 Å².